The molecule has 2 aliphatic heterocycles. The van der Waals surface area contributed by atoms with Gasteiger partial charge in [0.1, 0.15) is 17.5 Å². The number of amides is 1. The first-order valence-corrected chi connectivity index (χ1v) is 11.9. The first-order valence-electron chi connectivity index (χ1n) is 10.3. The maximum atomic E-state index is 12.3. The number of aliphatic hydroxyl groups is 1. The minimum atomic E-state index is -4.83. The number of nitrogens with zero attached hydrogens (tertiary/aromatic N) is 2. The molecule has 0 radical (unpaired) electrons. The lowest BCUT2D eigenvalue weighted by Crippen LogP contribution is -2.54. The van der Waals surface area contributed by atoms with Gasteiger partial charge in [-0.2, -0.15) is 5.26 Å². The fraction of sp³-hybridized carbons (Fsp3) is 0.619. The highest BCUT2D eigenvalue weighted by Crippen LogP contribution is 2.51. The summed E-state index contributed by atoms with van der Waals surface area (Å²) in [5, 5.41) is 16.2. The van der Waals surface area contributed by atoms with Gasteiger partial charge in [0.2, 0.25) is 5.91 Å². The maximum absolute atomic E-state index is 12.3. The van der Waals surface area contributed by atoms with Gasteiger partial charge in [0.15, 0.2) is 0 Å². The molecule has 0 unspecified atom stereocenters. The number of rotatable bonds is 3. The van der Waals surface area contributed by atoms with E-state index >= 15 is 0 Å². The topological polar surface area (TPSA) is 140 Å². The SMILES string of the molecule is CC.CC.CC1(C)Oc2ccc(C#N)cc2[C@H](N2CCCC2=O)[C@H]1OP(=O)(O)O.CO. The van der Waals surface area contributed by atoms with Crippen molar-refractivity contribution in [3.8, 4) is 11.8 Å². The minimum absolute atomic E-state index is 0.115. The standard InChI is InChI=1S/C16H19N2O6P.2C2H6.CH4O/c1-16(2)15(24-25(20,21)22)14(18-7-3-4-13(18)19)11-8-10(9-17)5-6-12(11)23-16;3*1-2/h5-6,8,14-15H,3-4,7H2,1-2H3,(H2,20,21,22);2*1-2H3;2H,1H3/t14-,15+;;;/m0.../s1. The first-order chi connectivity index (χ1) is 14.6. The van der Waals surface area contributed by atoms with Crippen molar-refractivity contribution in [3.63, 3.8) is 0 Å². The third kappa shape index (κ3) is 7.30. The molecular formula is C21H35N2O7P. The molecule has 10 heteroatoms. The number of fused-ring (bicyclic) bond motifs is 1. The molecule has 1 aromatic carbocycles. The predicted octanol–water partition coefficient (Wildman–Crippen LogP) is 3.53. The average molecular weight is 458 g/mol. The number of phosphoric ester groups is 1. The number of hydrogen-bond acceptors (Lipinski definition) is 6. The van der Waals surface area contributed by atoms with Crippen molar-refractivity contribution < 1.29 is 33.5 Å². The molecule has 2 heterocycles. The highest BCUT2D eigenvalue weighted by molar-refractivity contribution is 7.46. The Morgan fingerprint density at radius 2 is 1.81 bits per heavy atom. The van der Waals surface area contributed by atoms with Gasteiger partial charge >= 0.3 is 7.82 Å². The Hall–Kier alpha value is -1.95. The molecule has 2 atom stereocenters. The molecular weight excluding hydrogens is 423 g/mol. The molecule has 0 spiro atoms. The zero-order valence-electron chi connectivity index (χ0n) is 19.3. The number of carbonyl (C=O) groups is 1. The van der Waals surface area contributed by atoms with Crippen LogP contribution in [0.25, 0.3) is 0 Å². The number of aliphatic hydroxyl groups excluding tert-OH is 1. The van der Waals surface area contributed by atoms with Crippen molar-refractivity contribution in [1.82, 2.24) is 4.90 Å². The Morgan fingerprint density at radius 1 is 1.23 bits per heavy atom. The molecule has 31 heavy (non-hydrogen) atoms. The van der Waals surface area contributed by atoms with Crippen LogP contribution in [0.4, 0.5) is 0 Å². The van der Waals surface area contributed by atoms with Crippen LogP contribution in [-0.4, -0.2) is 51.1 Å². The van der Waals surface area contributed by atoms with Crippen LogP contribution in [0, 0.1) is 11.3 Å². The van der Waals surface area contributed by atoms with Crippen LogP contribution in [0.1, 0.15) is 71.6 Å². The Labute approximate surface area is 184 Å². The van der Waals surface area contributed by atoms with Crippen molar-refractivity contribution in [2.24, 2.45) is 0 Å². The van der Waals surface area contributed by atoms with Gasteiger partial charge in [-0.1, -0.05) is 27.7 Å². The summed E-state index contributed by atoms with van der Waals surface area (Å²) in [5.74, 6) is 0.356. The number of carbonyl (C=O) groups excluding carboxylic acids is 1. The highest BCUT2D eigenvalue weighted by atomic mass is 31.2. The molecule has 0 aliphatic carbocycles. The van der Waals surface area contributed by atoms with Crippen LogP contribution < -0.4 is 4.74 Å². The van der Waals surface area contributed by atoms with Crippen molar-refractivity contribution in [2.45, 2.75) is 72.1 Å². The lowest BCUT2D eigenvalue weighted by Gasteiger charge is -2.47. The molecule has 0 saturated carbocycles. The van der Waals surface area contributed by atoms with E-state index < -0.39 is 25.6 Å². The van der Waals surface area contributed by atoms with E-state index in [0.29, 0.717) is 36.3 Å². The van der Waals surface area contributed by atoms with Gasteiger partial charge in [-0.25, -0.2) is 4.57 Å². The van der Waals surface area contributed by atoms with Crippen LogP contribution >= 0.6 is 7.82 Å². The van der Waals surface area contributed by atoms with E-state index in [-0.39, 0.29) is 5.91 Å². The van der Waals surface area contributed by atoms with E-state index in [1.54, 1.807) is 36.9 Å². The molecule has 3 N–H and O–H groups in total. The predicted molar refractivity (Wildman–Crippen MR) is 117 cm³/mol. The van der Waals surface area contributed by atoms with Crippen LogP contribution in [-0.2, 0) is 13.9 Å². The zero-order valence-corrected chi connectivity index (χ0v) is 20.2. The minimum Gasteiger partial charge on any atom is -0.485 e. The maximum Gasteiger partial charge on any atom is 0.470 e. The molecule has 1 fully saturated rings. The van der Waals surface area contributed by atoms with E-state index in [0.717, 1.165) is 7.11 Å². The van der Waals surface area contributed by atoms with Gasteiger partial charge in [0, 0.05) is 25.6 Å². The Morgan fingerprint density at radius 3 is 2.26 bits per heavy atom. The van der Waals surface area contributed by atoms with Gasteiger partial charge in [-0.3, -0.25) is 9.32 Å². The quantitative estimate of drug-likeness (QED) is 0.584. The van der Waals surface area contributed by atoms with Crippen LogP contribution in [0.5, 0.6) is 5.75 Å². The van der Waals surface area contributed by atoms with Crippen molar-refractivity contribution in [1.29, 1.82) is 5.26 Å². The normalized spacial score (nSPS) is 20.9. The Bertz CT molecular complexity index is 801. The van der Waals surface area contributed by atoms with Crippen LogP contribution in [0.2, 0.25) is 0 Å². The molecule has 176 valence electrons. The first kappa shape index (κ1) is 29.1. The third-order valence-corrected chi connectivity index (χ3v) is 5.00. The number of ether oxygens (including phenoxy) is 1. The van der Waals surface area contributed by atoms with E-state index in [1.807, 2.05) is 33.8 Å². The second-order valence-electron chi connectivity index (χ2n) is 6.72. The van der Waals surface area contributed by atoms with E-state index in [1.165, 1.54) is 0 Å². The molecule has 2 aliphatic rings. The third-order valence-electron chi connectivity index (χ3n) is 4.50. The van der Waals surface area contributed by atoms with E-state index in [9.17, 15) is 24.4 Å². The summed E-state index contributed by atoms with van der Waals surface area (Å²) in [5.41, 5.74) is -0.198. The van der Waals surface area contributed by atoms with Crippen molar-refractivity contribution >= 4 is 13.7 Å². The number of hydrogen-bond donors (Lipinski definition) is 3. The van der Waals surface area contributed by atoms with Gasteiger partial charge in [0.25, 0.3) is 0 Å². The zero-order chi connectivity index (χ0) is 24.4. The summed E-state index contributed by atoms with van der Waals surface area (Å²) in [6.07, 6.45) is -0.0583. The summed E-state index contributed by atoms with van der Waals surface area (Å²) in [4.78, 5) is 32.6. The Kier molecular flexibility index (Phi) is 12.0. The fourth-order valence-corrected chi connectivity index (χ4v) is 4.12. The second-order valence-corrected chi connectivity index (χ2v) is 7.91. The van der Waals surface area contributed by atoms with Crippen LogP contribution in [0.3, 0.4) is 0 Å². The summed E-state index contributed by atoms with van der Waals surface area (Å²) < 4.78 is 22.5. The molecule has 9 nitrogen and oxygen atoms in total. The fourth-order valence-electron chi connectivity index (χ4n) is 3.45. The number of benzene rings is 1. The lowest BCUT2D eigenvalue weighted by atomic mass is 9.85. The largest absolute Gasteiger partial charge is 0.485 e. The van der Waals surface area contributed by atoms with Gasteiger partial charge in [-0.15, -0.1) is 0 Å². The smallest absolute Gasteiger partial charge is 0.470 e. The molecule has 1 saturated heterocycles. The van der Waals surface area contributed by atoms with Gasteiger partial charge in [-0.05, 0) is 38.5 Å². The summed E-state index contributed by atoms with van der Waals surface area (Å²) in [6.45, 7) is 11.8. The Balaban J connectivity index is 0.00000138. The summed E-state index contributed by atoms with van der Waals surface area (Å²) in [6, 6.07) is 6.10. The lowest BCUT2D eigenvalue weighted by molar-refractivity contribution is -0.138. The van der Waals surface area contributed by atoms with Gasteiger partial charge < -0.3 is 24.5 Å². The molecule has 1 aromatic rings. The number of likely N-dealkylation sites (tertiary alicyclic amines) is 1. The monoisotopic (exact) mass is 458 g/mol. The summed E-state index contributed by atoms with van der Waals surface area (Å²) in [7, 11) is -3.83. The number of phosphoric acid groups is 1. The molecule has 0 aromatic heterocycles. The van der Waals surface area contributed by atoms with Crippen molar-refractivity contribution in [3.05, 3.63) is 29.3 Å². The number of nitriles is 1. The summed E-state index contributed by atoms with van der Waals surface area (Å²) >= 11 is 0. The van der Waals surface area contributed by atoms with E-state index in [2.05, 4.69) is 0 Å². The molecule has 3 rings (SSSR count). The average Bonchev–Trinajstić information content (AvgIpc) is 3.17. The van der Waals surface area contributed by atoms with E-state index in [4.69, 9.17) is 14.4 Å². The second kappa shape index (κ2) is 12.8. The highest BCUT2D eigenvalue weighted by Gasteiger charge is 2.51. The molecule has 0 bridgehead atoms. The van der Waals surface area contributed by atoms with Gasteiger partial charge in [0.05, 0.1) is 17.7 Å². The van der Waals surface area contributed by atoms with Crippen molar-refractivity contribution in [2.75, 3.05) is 13.7 Å². The van der Waals surface area contributed by atoms with Crippen LogP contribution in [0.15, 0.2) is 18.2 Å². The molecule has 1 amide bonds.